The lowest BCUT2D eigenvalue weighted by Gasteiger charge is -2.36. The Bertz CT molecular complexity index is 1150. The van der Waals surface area contributed by atoms with Gasteiger partial charge in [-0.25, -0.2) is 4.98 Å². The number of H-pyrrole nitrogens is 1. The predicted octanol–water partition coefficient (Wildman–Crippen LogP) is 1.87. The molecule has 162 valence electrons. The number of carbonyl (C=O) groups is 1. The summed E-state index contributed by atoms with van der Waals surface area (Å²) >= 11 is 0. The van der Waals surface area contributed by atoms with Gasteiger partial charge >= 0.3 is 0 Å². The van der Waals surface area contributed by atoms with Crippen molar-refractivity contribution in [2.75, 3.05) is 38.1 Å². The van der Waals surface area contributed by atoms with Crippen LogP contribution in [0.4, 0.5) is 5.69 Å². The van der Waals surface area contributed by atoms with Gasteiger partial charge in [-0.1, -0.05) is 6.92 Å². The second-order valence-corrected chi connectivity index (χ2v) is 7.89. The van der Waals surface area contributed by atoms with Crippen molar-refractivity contribution in [2.24, 2.45) is 0 Å². The van der Waals surface area contributed by atoms with Gasteiger partial charge in [-0.2, -0.15) is 0 Å². The number of pyridine rings is 3. The summed E-state index contributed by atoms with van der Waals surface area (Å²) in [7, 11) is 1.60. The van der Waals surface area contributed by atoms with Crippen LogP contribution in [0.15, 0.2) is 35.4 Å². The topological polar surface area (TPSA) is 94.2 Å². The molecule has 3 aromatic heterocycles. The fraction of sp³-hybridized carbons (Fsp3) is 0.391. The number of aromatic amines is 1. The Morgan fingerprint density at radius 2 is 1.94 bits per heavy atom. The normalized spacial score (nSPS) is 14.7. The first-order chi connectivity index (χ1) is 15.0. The van der Waals surface area contributed by atoms with Crippen molar-refractivity contribution in [2.45, 2.75) is 26.8 Å². The lowest BCUT2D eigenvalue weighted by Crippen LogP contribution is -2.46. The maximum absolute atomic E-state index is 12.3. The molecule has 0 aliphatic carbocycles. The van der Waals surface area contributed by atoms with Gasteiger partial charge < -0.3 is 15.2 Å². The number of aromatic nitrogens is 3. The molecule has 4 heterocycles. The number of nitrogens with one attached hydrogen (secondary N) is 2. The minimum absolute atomic E-state index is 0.0175. The molecule has 0 unspecified atom stereocenters. The highest BCUT2D eigenvalue weighted by Crippen LogP contribution is 2.19. The minimum atomic E-state index is -0.178. The standard InChI is InChI=1S/C23H28N6O2/c1-4-18-15(2)21-20(27-22(18)30)11-16(12-26-21)14-28-7-9-29(10-8-28)17-5-6-19(25-13-17)23(31)24-3/h5-6,11-13H,4,7-10,14H2,1-3H3,(H,24,31)(H,27,30). The zero-order valence-corrected chi connectivity index (χ0v) is 18.2. The number of hydrogen-bond donors (Lipinski definition) is 2. The molecule has 0 bridgehead atoms. The van der Waals surface area contributed by atoms with E-state index in [1.54, 1.807) is 19.3 Å². The van der Waals surface area contributed by atoms with Gasteiger partial charge in [0.05, 0.1) is 22.9 Å². The summed E-state index contributed by atoms with van der Waals surface area (Å²) in [5.74, 6) is -0.178. The Hall–Kier alpha value is -3.26. The van der Waals surface area contributed by atoms with Gasteiger partial charge in [-0.05, 0) is 42.7 Å². The summed E-state index contributed by atoms with van der Waals surface area (Å²) in [6.45, 7) is 8.36. The molecule has 0 aromatic carbocycles. The third-order valence-electron chi connectivity index (χ3n) is 5.98. The summed E-state index contributed by atoms with van der Waals surface area (Å²) in [5, 5.41) is 2.59. The second-order valence-electron chi connectivity index (χ2n) is 7.89. The van der Waals surface area contributed by atoms with Crippen LogP contribution in [0.3, 0.4) is 0 Å². The summed E-state index contributed by atoms with van der Waals surface area (Å²) in [6.07, 6.45) is 4.38. The summed E-state index contributed by atoms with van der Waals surface area (Å²) in [4.78, 5) is 40.5. The van der Waals surface area contributed by atoms with E-state index in [2.05, 4.69) is 30.1 Å². The van der Waals surface area contributed by atoms with E-state index >= 15 is 0 Å². The van der Waals surface area contributed by atoms with Crippen molar-refractivity contribution in [3.8, 4) is 0 Å². The van der Waals surface area contributed by atoms with Crippen LogP contribution in [0.25, 0.3) is 11.0 Å². The molecule has 0 spiro atoms. The van der Waals surface area contributed by atoms with E-state index in [4.69, 9.17) is 0 Å². The molecular weight excluding hydrogens is 392 g/mol. The van der Waals surface area contributed by atoms with Crippen molar-refractivity contribution >= 4 is 22.6 Å². The average Bonchev–Trinajstić information content (AvgIpc) is 2.79. The van der Waals surface area contributed by atoms with Gasteiger partial charge in [0.25, 0.3) is 11.5 Å². The average molecular weight is 421 g/mol. The van der Waals surface area contributed by atoms with Crippen LogP contribution in [0.2, 0.25) is 0 Å². The molecule has 31 heavy (non-hydrogen) atoms. The Labute approximate surface area is 181 Å². The maximum atomic E-state index is 12.3. The first-order valence-corrected chi connectivity index (χ1v) is 10.7. The molecule has 1 amide bonds. The molecule has 0 radical (unpaired) electrons. The number of piperazine rings is 1. The second kappa shape index (κ2) is 8.85. The third kappa shape index (κ3) is 4.29. The largest absolute Gasteiger partial charge is 0.368 e. The van der Waals surface area contributed by atoms with Gasteiger partial charge in [0.1, 0.15) is 5.69 Å². The van der Waals surface area contributed by atoms with E-state index in [0.29, 0.717) is 12.1 Å². The molecule has 1 fully saturated rings. The zero-order chi connectivity index (χ0) is 22.0. The van der Waals surface area contributed by atoms with Crippen LogP contribution in [0.1, 0.15) is 34.1 Å². The maximum Gasteiger partial charge on any atom is 0.269 e. The molecular formula is C23H28N6O2. The van der Waals surface area contributed by atoms with E-state index in [-0.39, 0.29) is 11.5 Å². The van der Waals surface area contributed by atoms with E-state index in [1.807, 2.05) is 32.2 Å². The van der Waals surface area contributed by atoms with Crippen LogP contribution >= 0.6 is 0 Å². The number of rotatable bonds is 5. The van der Waals surface area contributed by atoms with E-state index in [0.717, 1.165) is 66.1 Å². The van der Waals surface area contributed by atoms with E-state index < -0.39 is 0 Å². The van der Waals surface area contributed by atoms with Crippen molar-refractivity contribution in [3.05, 3.63) is 63.3 Å². The molecule has 1 saturated heterocycles. The van der Waals surface area contributed by atoms with Crippen molar-refractivity contribution in [1.29, 1.82) is 0 Å². The third-order valence-corrected chi connectivity index (χ3v) is 5.98. The van der Waals surface area contributed by atoms with Gasteiger partial charge in [-0.3, -0.25) is 19.5 Å². The molecule has 3 aromatic rings. The fourth-order valence-corrected chi connectivity index (χ4v) is 4.18. The number of fused-ring (bicyclic) bond motifs is 1. The smallest absolute Gasteiger partial charge is 0.269 e. The van der Waals surface area contributed by atoms with Gasteiger partial charge in [0, 0.05) is 51.5 Å². The molecule has 8 heteroatoms. The number of aryl methyl sites for hydroxylation is 1. The van der Waals surface area contributed by atoms with Crippen molar-refractivity contribution in [1.82, 2.24) is 25.2 Å². The van der Waals surface area contributed by atoms with Crippen LogP contribution in [0.5, 0.6) is 0 Å². The fourth-order valence-electron chi connectivity index (χ4n) is 4.18. The Kier molecular flexibility index (Phi) is 5.99. The van der Waals surface area contributed by atoms with Crippen LogP contribution in [0, 0.1) is 6.92 Å². The SMILES string of the molecule is CCc1c(C)c2ncc(CN3CCN(c4ccc(C(=O)NC)nc4)CC3)cc2[nH]c1=O. The van der Waals surface area contributed by atoms with Crippen LogP contribution < -0.4 is 15.8 Å². The molecule has 0 atom stereocenters. The van der Waals surface area contributed by atoms with Gasteiger partial charge in [0.15, 0.2) is 0 Å². The molecule has 8 nitrogen and oxygen atoms in total. The Morgan fingerprint density at radius 1 is 1.16 bits per heavy atom. The Balaban J connectivity index is 1.41. The van der Waals surface area contributed by atoms with Crippen molar-refractivity contribution in [3.63, 3.8) is 0 Å². The van der Waals surface area contributed by atoms with Crippen molar-refractivity contribution < 1.29 is 4.79 Å². The minimum Gasteiger partial charge on any atom is -0.368 e. The highest BCUT2D eigenvalue weighted by Gasteiger charge is 2.19. The summed E-state index contributed by atoms with van der Waals surface area (Å²) < 4.78 is 0. The zero-order valence-electron chi connectivity index (χ0n) is 18.2. The van der Waals surface area contributed by atoms with E-state index in [9.17, 15) is 9.59 Å². The Morgan fingerprint density at radius 3 is 2.58 bits per heavy atom. The summed E-state index contributed by atoms with van der Waals surface area (Å²) in [6, 6.07) is 5.75. The monoisotopic (exact) mass is 420 g/mol. The molecule has 0 saturated carbocycles. The lowest BCUT2D eigenvalue weighted by molar-refractivity contribution is 0.0958. The van der Waals surface area contributed by atoms with Crippen LogP contribution in [-0.2, 0) is 13.0 Å². The van der Waals surface area contributed by atoms with Crippen LogP contribution in [-0.4, -0.2) is 59.0 Å². The molecule has 2 N–H and O–H groups in total. The highest BCUT2D eigenvalue weighted by molar-refractivity contribution is 5.92. The number of carbonyl (C=O) groups excluding carboxylic acids is 1. The molecule has 1 aliphatic heterocycles. The molecule has 1 aliphatic rings. The van der Waals surface area contributed by atoms with Gasteiger partial charge in [0.2, 0.25) is 0 Å². The number of anilines is 1. The van der Waals surface area contributed by atoms with Gasteiger partial charge in [-0.15, -0.1) is 0 Å². The summed E-state index contributed by atoms with van der Waals surface area (Å²) in [5.41, 5.74) is 5.98. The number of hydrogen-bond acceptors (Lipinski definition) is 6. The number of amides is 1. The first-order valence-electron chi connectivity index (χ1n) is 10.7. The first kappa shape index (κ1) is 21.0. The van der Waals surface area contributed by atoms with E-state index in [1.165, 1.54) is 0 Å². The lowest BCUT2D eigenvalue weighted by atomic mass is 10.1. The highest BCUT2D eigenvalue weighted by atomic mass is 16.1. The number of nitrogens with zero attached hydrogens (tertiary/aromatic N) is 4. The predicted molar refractivity (Wildman–Crippen MR) is 122 cm³/mol. The quantitative estimate of drug-likeness (QED) is 0.655. The molecule has 4 rings (SSSR count).